The second kappa shape index (κ2) is 5.65. The van der Waals surface area contributed by atoms with E-state index in [1.54, 1.807) is 6.08 Å². The molecule has 3 nitrogen and oxygen atoms in total. The van der Waals surface area contributed by atoms with E-state index in [1.165, 1.54) is 6.08 Å². The molecule has 0 saturated heterocycles. The van der Waals surface area contributed by atoms with Crippen LogP contribution in [-0.4, -0.2) is 15.5 Å². The summed E-state index contributed by atoms with van der Waals surface area (Å²) in [6.07, 6.45) is 3.15. The molecule has 0 heterocycles. The Balaban J connectivity index is 2.60. The van der Waals surface area contributed by atoms with Crippen LogP contribution in [0.2, 0.25) is 0 Å². The molecule has 0 aliphatic rings. The first-order valence-electron chi connectivity index (χ1n) is 7.07. The van der Waals surface area contributed by atoms with E-state index in [4.69, 9.17) is 4.18 Å². The maximum Gasteiger partial charge on any atom is 0.297 e. The summed E-state index contributed by atoms with van der Waals surface area (Å²) in [5, 5.41) is 3.45. The molecule has 0 fully saturated rings. The average molecular weight is 324 g/mol. The highest BCUT2D eigenvalue weighted by atomic mass is 32.2. The van der Waals surface area contributed by atoms with E-state index in [-0.39, 0.29) is 4.90 Å². The fraction of sp³-hybridized carbons (Fsp3) is 0.0526. The first-order valence-corrected chi connectivity index (χ1v) is 8.47. The second-order valence-electron chi connectivity index (χ2n) is 5.16. The van der Waals surface area contributed by atoms with Crippen LogP contribution in [-0.2, 0) is 14.3 Å². The molecule has 3 rings (SSSR count). The normalized spacial score (nSPS) is 11.7. The fourth-order valence-corrected chi connectivity index (χ4v) is 3.91. The van der Waals surface area contributed by atoms with Crippen LogP contribution in [0, 0.1) is 0 Å². The topological polar surface area (TPSA) is 43.4 Å². The number of benzene rings is 3. The monoisotopic (exact) mass is 324 g/mol. The highest BCUT2D eigenvalue weighted by Gasteiger charge is 2.22. The van der Waals surface area contributed by atoms with Gasteiger partial charge in [-0.15, -0.1) is 0 Å². The number of fused-ring (bicyclic) bond motifs is 2. The Morgan fingerprint density at radius 2 is 1.61 bits per heavy atom. The van der Waals surface area contributed by atoms with Crippen LogP contribution in [0.3, 0.4) is 0 Å². The van der Waals surface area contributed by atoms with E-state index < -0.39 is 10.1 Å². The Bertz CT molecular complexity index is 1050. The molecule has 0 atom stereocenters. The number of rotatable bonds is 4. The lowest BCUT2D eigenvalue weighted by Crippen LogP contribution is -2.07. The van der Waals surface area contributed by atoms with Crippen LogP contribution in [0.25, 0.3) is 33.7 Å². The zero-order valence-corrected chi connectivity index (χ0v) is 13.6. The molecule has 3 aromatic rings. The van der Waals surface area contributed by atoms with Crippen LogP contribution < -0.4 is 0 Å². The zero-order chi connectivity index (χ0) is 16.6. The lowest BCUT2D eigenvalue weighted by molar-refractivity contribution is 0.398. The van der Waals surface area contributed by atoms with Gasteiger partial charge in [-0.05, 0) is 39.9 Å². The molecule has 0 spiro atoms. The lowest BCUT2D eigenvalue weighted by atomic mass is 9.97. The van der Waals surface area contributed by atoms with Crippen LogP contribution in [0.15, 0.2) is 60.5 Å². The summed E-state index contributed by atoms with van der Waals surface area (Å²) in [7, 11) is -2.73. The van der Waals surface area contributed by atoms with Crippen molar-refractivity contribution < 1.29 is 12.6 Å². The Morgan fingerprint density at radius 3 is 2.17 bits per heavy atom. The van der Waals surface area contributed by atoms with E-state index in [0.717, 1.165) is 23.3 Å². The van der Waals surface area contributed by atoms with Crippen LogP contribution in [0.1, 0.15) is 11.1 Å². The number of hydrogen-bond donors (Lipinski definition) is 0. The molecule has 23 heavy (non-hydrogen) atoms. The highest BCUT2D eigenvalue weighted by molar-refractivity contribution is 7.87. The average Bonchev–Trinajstić information content (AvgIpc) is 2.57. The van der Waals surface area contributed by atoms with E-state index in [9.17, 15) is 8.42 Å². The smallest absolute Gasteiger partial charge is 0.270 e. The van der Waals surface area contributed by atoms with Gasteiger partial charge < -0.3 is 0 Å². The molecule has 3 aromatic carbocycles. The van der Waals surface area contributed by atoms with Gasteiger partial charge in [-0.2, -0.15) is 8.42 Å². The maximum atomic E-state index is 12.5. The quantitative estimate of drug-likeness (QED) is 0.520. The van der Waals surface area contributed by atoms with Crippen molar-refractivity contribution in [1.29, 1.82) is 0 Å². The molecule has 0 bridgehead atoms. The molecule has 0 N–H and O–H groups in total. The van der Waals surface area contributed by atoms with E-state index in [0.29, 0.717) is 16.5 Å². The first kappa shape index (κ1) is 15.5. The van der Waals surface area contributed by atoms with Gasteiger partial charge in [0.15, 0.2) is 0 Å². The summed E-state index contributed by atoms with van der Waals surface area (Å²) in [4.78, 5) is 0.133. The van der Waals surface area contributed by atoms with Gasteiger partial charge in [0.05, 0.1) is 7.11 Å². The van der Waals surface area contributed by atoms with Crippen molar-refractivity contribution >= 4 is 43.8 Å². The van der Waals surface area contributed by atoms with Gasteiger partial charge >= 0.3 is 0 Å². The third-order valence-electron chi connectivity index (χ3n) is 3.92. The minimum absolute atomic E-state index is 0.133. The molecular formula is C19H16O3S. The van der Waals surface area contributed by atoms with Crippen molar-refractivity contribution in [2.24, 2.45) is 0 Å². The molecule has 4 heteroatoms. The minimum atomic E-state index is -3.89. The number of hydrogen-bond acceptors (Lipinski definition) is 3. The molecule has 0 unspecified atom stereocenters. The summed E-state index contributed by atoms with van der Waals surface area (Å²) < 4.78 is 29.8. The van der Waals surface area contributed by atoms with Crippen molar-refractivity contribution in [2.75, 3.05) is 7.11 Å². The summed E-state index contributed by atoms with van der Waals surface area (Å²) >= 11 is 0. The Labute approximate surface area is 135 Å². The maximum absolute atomic E-state index is 12.5. The fourth-order valence-electron chi connectivity index (χ4n) is 2.83. The zero-order valence-electron chi connectivity index (χ0n) is 12.7. The van der Waals surface area contributed by atoms with Gasteiger partial charge in [0.2, 0.25) is 0 Å². The molecule has 0 aliphatic heterocycles. The molecule has 0 saturated carbocycles. The first-order chi connectivity index (χ1) is 11.0. The van der Waals surface area contributed by atoms with Crippen LogP contribution in [0.5, 0.6) is 0 Å². The Kier molecular flexibility index (Phi) is 3.80. The van der Waals surface area contributed by atoms with Crippen molar-refractivity contribution in [3.05, 3.63) is 66.7 Å². The molecule has 0 radical (unpaired) electrons. The van der Waals surface area contributed by atoms with E-state index in [2.05, 4.69) is 13.2 Å². The summed E-state index contributed by atoms with van der Waals surface area (Å²) in [5.41, 5.74) is 1.21. The lowest BCUT2D eigenvalue weighted by Gasteiger charge is -2.14. The Morgan fingerprint density at radius 1 is 0.957 bits per heavy atom. The second-order valence-corrected chi connectivity index (χ2v) is 6.81. The van der Waals surface area contributed by atoms with Crippen LogP contribution >= 0.6 is 0 Å². The third kappa shape index (κ3) is 2.46. The largest absolute Gasteiger partial charge is 0.297 e. The highest BCUT2D eigenvalue weighted by Crippen LogP contribution is 2.34. The van der Waals surface area contributed by atoms with E-state index >= 15 is 0 Å². The van der Waals surface area contributed by atoms with Gasteiger partial charge in [0, 0.05) is 10.9 Å². The molecule has 0 amide bonds. The van der Waals surface area contributed by atoms with Crippen LogP contribution in [0.4, 0.5) is 0 Å². The van der Waals surface area contributed by atoms with Gasteiger partial charge in [-0.3, -0.25) is 4.18 Å². The third-order valence-corrected chi connectivity index (χ3v) is 5.30. The van der Waals surface area contributed by atoms with Gasteiger partial charge in [-0.25, -0.2) is 0 Å². The molecule has 0 aromatic heterocycles. The van der Waals surface area contributed by atoms with Crippen molar-refractivity contribution in [3.8, 4) is 0 Å². The van der Waals surface area contributed by atoms with Gasteiger partial charge in [-0.1, -0.05) is 49.6 Å². The van der Waals surface area contributed by atoms with Crippen molar-refractivity contribution in [2.45, 2.75) is 4.90 Å². The predicted molar refractivity (Wildman–Crippen MR) is 95.8 cm³/mol. The summed E-state index contributed by atoms with van der Waals surface area (Å²) in [6.45, 7) is 7.52. The van der Waals surface area contributed by atoms with E-state index in [1.807, 2.05) is 42.5 Å². The Hall–Kier alpha value is -2.43. The molecule has 0 aliphatic carbocycles. The standard InChI is InChI=1S/C19H16O3S/c1-4-13-10-16-11-14-8-6-7-9-15(14)12-18(16)19(17(13)5-2)23(20,21)22-3/h4-12H,1-2H2,3H3. The van der Waals surface area contributed by atoms with Crippen molar-refractivity contribution in [1.82, 2.24) is 0 Å². The molecular weight excluding hydrogens is 308 g/mol. The van der Waals surface area contributed by atoms with Gasteiger partial charge in [0.1, 0.15) is 4.90 Å². The summed E-state index contributed by atoms with van der Waals surface area (Å²) in [6, 6.07) is 13.6. The predicted octanol–water partition coefficient (Wildman–Crippen LogP) is 4.61. The van der Waals surface area contributed by atoms with Gasteiger partial charge in [0.25, 0.3) is 10.1 Å². The molecule has 116 valence electrons. The minimum Gasteiger partial charge on any atom is -0.270 e. The SMILES string of the molecule is C=Cc1cc2cc3ccccc3cc2c(S(=O)(=O)OC)c1C=C. The van der Waals surface area contributed by atoms with Crippen molar-refractivity contribution in [3.63, 3.8) is 0 Å². The summed E-state index contributed by atoms with van der Waals surface area (Å²) in [5.74, 6) is 0.